The fourth-order valence-electron chi connectivity index (χ4n) is 2.46. The Morgan fingerprint density at radius 1 is 1.17 bits per heavy atom. The number of nitrogens with one attached hydrogen (secondary N) is 1. The first-order valence-corrected chi connectivity index (χ1v) is 8.58. The monoisotopic (exact) mass is 349 g/mol. The van der Waals surface area contributed by atoms with E-state index in [9.17, 15) is 4.79 Å². The number of carbonyl (C=O) groups excluding carboxylic acids is 1. The molecule has 0 bridgehead atoms. The second-order valence-electron chi connectivity index (χ2n) is 5.34. The number of ether oxygens (including phenoxy) is 3. The van der Waals surface area contributed by atoms with E-state index in [1.54, 1.807) is 32.7 Å². The van der Waals surface area contributed by atoms with Gasteiger partial charge in [-0.05, 0) is 42.5 Å². The highest BCUT2D eigenvalue weighted by Gasteiger charge is 2.15. The van der Waals surface area contributed by atoms with Gasteiger partial charge in [-0.15, -0.1) is 11.3 Å². The molecule has 0 aliphatic carbocycles. The molecule has 1 aromatic carbocycles. The molecule has 6 heteroatoms. The summed E-state index contributed by atoms with van der Waals surface area (Å²) in [5.74, 6) is 1.77. The molecule has 2 aromatic rings. The van der Waals surface area contributed by atoms with Gasteiger partial charge >= 0.3 is 0 Å². The van der Waals surface area contributed by atoms with E-state index >= 15 is 0 Å². The summed E-state index contributed by atoms with van der Waals surface area (Å²) in [7, 11) is 4.73. The predicted octanol–water partition coefficient (Wildman–Crippen LogP) is 3.58. The molecule has 0 aliphatic rings. The van der Waals surface area contributed by atoms with Gasteiger partial charge in [0.2, 0.25) is 11.7 Å². The standard InChI is InChI=1S/C18H23NO4S/c1-12(16-6-5-9-24-16)19-17(20)8-7-13-10-14(21-2)18(23-4)15(11-13)22-3/h5-6,9-12H,7-8H2,1-4H3,(H,19,20)/t12-/m1/s1. The van der Waals surface area contributed by atoms with Crippen LogP contribution in [0.15, 0.2) is 29.6 Å². The second kappa shape index (κ2) is 8.59. The van der Waals surface area contributed by atoms with Crippen molar-refractivity contribution in [2.45, 2.75) is 25.8 Å². The number of benzene rings is 1. The molecule has 0 unspecified atom stereocenters. The zero-order valence-corrected chi connectivity index (χ0v) is 15.2. The van der Waals surface area contributed by atoms with E-state index in [4.69, 9.17) is 14.2 Å². The maximum atomic E-state index is 12.2. The number of thiophene rings is 1. The third-order valence-corrected chi connectivity index (χ3v) is 4.77. The summed E-state index contributed by atoms with van der Waals surface area (Å²) in [6.07, 6.45) is 0.994. The van der Waals surface area contributed by atoms with Crippen LogP contribution in [-0.4, -0.2) is 27.2 Å². The van der Waals surface area contributed by atoms with Crippen molar-refractivity contribution in [3.8, 4) is 17.2 Å². The number of amides is 1. The highest BCUT2D eigenvalue weighted by molar-refractivity contribution is 7.10. The first kappa shape index (κ1) is 18.1. The van der Waals surface area contributed by atoms with Crippen molar-refractivity contribution in [3.05, 3.63) is 40.1 Å². The van der Waals surface area contributed by atoms with Gasteiger partial charge < -0.3 is 19.5 Å². The lowest BCUT2D eigenvalue weighted by Crippen LogP contribution is -2.26. The maximum absolute atomic E-state index is 12.2. The zero-order valence-electron chi connectivity index (χ0n) is 14.4. The molecule has 1 heterocycles. The quantitative estimate of drug-likeness (QED) is 0.791. The third kappa shape index (κ3) is 4.41. The van der Waals surface area contributed by atoms with Crippen molar-refractivity contribution in [2.75, 3.05) is 21.3 Å². The molecule has 0 saturated heterocycles. The molecule has 2 rings (SSSR count). The molecule has 24 heavy (non-hydrogen) atoms. The zero-order chi connectivity index (χ0) is 17.5. The molecule has 130 valence electrons. The summed E-state index contributed by atoms with van der Waals surface area (Å²) < 4.78 is 16.0. The lowest BCUT2D eigenvalue weighted by molar-refractivity contribution is -0.121. The Morgan fingerprint density at radius 2 is 1.83 bits per heavy atom. The first-order chi connectivity index (χ1) is 11.6. The molecule has 1 N–H and O–H groups in total. The van der Waals surface area contributed by atoms with Gasteiger partial charge in [0.25, 0.3) is 0 Å². The van der Waals surface area contributed by atoms with Crippen LogP contribution >= 0.6 is 11.3 Å². The van der Waals surface area contributed by atoms with Gasteiger partial charge in [0.05, 0.1) is 27.4 Å². The summed E-state index contributed by atoms with van der Waals surface area (Å²) in [6, 6.07) is 7.78. The first-order valence-electron chi connectivity index (χ1n) is 7.70. The van der Waals surface area contributed by atoms with Gasteiger partial charge in [0.15, 0.2) is 11.5 Å². The lowest BCUT2D eigenvalue weighted by atomic mass is 10.1. The number of methoxy groups -OCH3 is 3. The minimum Gasteiger partial charge on any atom is -0.493 e. The Morgan fingerprint density at radius 3 is 2.33 bits per heavy atom. The minimum atomic E-state index is 0.0182. The van der Waals surface area contributed by atoms with Crippen molar-refractivity contribution in [1.82, 2.24) is 5.32 Å². The van der Waals surface area contributed by atoms with Crippen LogP contribution in [0.25, 0.3) is 0 Å². The van der Waals surface area contributed by atoms with Crippen LogP contribution < -0.4 is 19.5 Å². The van der Waals surface area contributed by atoms with Crippen LogP contribution in [0.2, 0.25) is 0 Å². The van der Waals surface area contributed by atoms with Crippen LogP contribution in [0.4, 0.5) is 0 Å². The van der Waals surface area contributed by atoms with Crippen molar-refractivity contribution in [1.29, 1.82) is 0 Å². The van der Waals surface area contributed by atoms with Gasteiger partial charge in [-0.3, -0.25) is 4.79 Å². The normalized spacial score (nSPS) is 11.7. The molecule has 0 saturated carbocycles. The Hall–Kier alpha value is -2.21. The molecule has 0 aliphatic heterocycles. The highest BCUT2D eigenvalue weighted by Crippen LogP contribution is 2.38. The molecule has 1 atom stereocenters. The van der Waals surface area contributed by atoms with Crippen LogP contribution in [0.1, 0.15) is 29.8 Å². The molecule has 1 aromatic heterocycles. The Kier molecular flexibility index (Phi) is 6.49. The van der Waals surface area contributed by atoms with E-state index in [1.807, 2.05) is 36.6 Å². The number of rotatable bonds is 8. The predicted molar refractivity (Wildman–Crippen MR) is 95.3 cm³/mol. The molecular formula is C18H23NO4S. The molecule has 0 fully saturated rings. The summed E-state index contributed by atoms with van der Waals surface area (Å²) in [4.78, 5) is 13.3. The topological polar surface area (TPSA) is 56.8 Å². The number of hydrogen-bond donors (Lipinski definition) is 1. The summed E-state index contributed by atoms with van der Waals surface area (Å²) in [5.41, 5.74) is 0.962. The van der Waals surface area contributed by atoms with Crippen molar-refractivity contribution in [2.24, 2.45) is 0 Å². The van der Waals surface area contributed by atoms with Gasteiger partial charge in [0, 0.05) is 11.3 Å². The summed E-state index contributed by atoms with van der Waals surface area (Å²) >= 11 is 1.64. The number of carbonyl (C=O) groups is 1. The SMILES string of the molecule is COc1cc(CCC(=O)N[C@H](C)c2cccs2)cc(OC)c1OC. The average molecular weight is 349 g/mol. The van der Waals surface area contributed by atoms with Gasteiger partial charge in [-0.25, -0.2) is 0 Å². The van der Waals surface area contributed by atoms with Crippen LogP contribution in [-0.2, 0) is 11.2 Å². The molecule has 5 nitrogen and oxygen atoms in total. The van der Waals surface area contributed by atoms with E-state index in [-0.39, 0.29) is 11.9 Å². The van der Waals surface area contributed by atoms with E-state index in [2.05, 4.69) is 5.32 Å². The molecular weight excluding hydrogens is 326 g/mol. The van der Waals surface area contributed by atoms with E-state index in [0.717, 1.165) is 10.4 Å². The number of hydrogen-bond acceptors (Lipinski definition) is 5. The van der Waals surface area contributed by atoms with Crippen LogP contribution in [0, 0.1) is 0 Å². The van der Waals surface area contributed by atoms with E-state index in [0.29, 0.717) is 30.1 Å². The minimum absolute atomic E-state index is 0.0182. The second-order valence-corrected chi connectivity index (χ2v) is 6.32. The molecule has 1 amide bonds. The van der Waals surface area contributed by atoms with Crippen molar-refractivity contribution in [3.63, 3.8) is 0 Å². The largest absolute Gasteiger partial charge is 0.493 e. The Bertz CT molecular complexity index is 645. The highest BCUT2D eigenvalue weighted by atomic mass is 32.1. The smallest absolute Gasteiger partial charge is 0.220 e. The Balaban J connectivity index is 1.99. The van der Waals surface area contributed by atoms with Crippen LogP contribution in [0.3, 0.4) is 0 Å². The van der Waals surface area contributed by atoms with Crippen molar-refractivity contribution >= 4 is 17.2 Å². The lowest BCUT2D eigenvalue weighted by Gasteiger charge is -2.15. The third-order valence-electron chi connectivity index (χ3n) is 3.71. The van der Waals surface area contributed by atoms with E-state index in [1.165, 1.54) is 0 Å². The van der Waals surface area contributed by atoms with E-state index < -0.39 is 0 Å². The van der Waals surface area contributed by atoms with Gasteiger partial charge in [0.1, 0.15) is 0 Å². The van der Waals surface area contributed by atoms with Gasteiger partial charge in [-0.1, -0.05) is 6.07 Å². The van der Waals surface area contributed by atoms with Crippen molar-refractivity contribution < 1.29 is 19.0 Å². The average Bonchev–Trinajstić information content (AvgIpc) is 3.13. The summed E-state index contributed by atoms with van der Waals surface area (Å²) in [6.45, 7) is 1.99. The van der Waals surface area contributed by atoms with Gasteiger partial charge in [-0.2, -0.15) is 0 Å². The fourth-order valence-corrected chi connectivity index (χ4v) is 3.19. The maximum Gasteiger partial charge on any atom is 0.220 e. The Labute approximate surface area is 146 Å². The summed E-state index contributed by atoms with van der Waals surface area (Å²) in [5, 5.41) is 5.02. The molecule has 0 spiro atoms. The molecule has 0 radical (unpaired) electrons. The van der Waals surface area contributed by atoms with Crippen LogP contribution in [0.5, 0.6) is 17.2 Å². The fraction of sp³-hybridized carbons (Fsp3) is 0.389. The number of aryl methyl sites for hydroxylation is 1.